The highest BCUT2D eigenvalue weighted by atomic mass is 35.5. The minimum atomic E-state index is -0.687. The van der Waals surface area contributed by atoms with Gasteiger partial charge < -0.3 is 10.4 Å². The second-order valence-electron chi connectivity index (χ2n) is 5.53. The standard InChI is InChI=1S/C18H14ClFN4O2/c1-21-12-6-7-13(25)15(17(26)24-18-22-8-3-9-23-18)14(12)10-4-2-5-11(20)16(10)19/h2,4-7,25H,3,8-9H2,(H2,22,23,24,26). The number of nitrogens with one attached hydrogen (secondary N) is 2. The number of phenols is 1. The summed E-state index contributed by atoms with van der Waals surface area (Å²) in [6.45, 7) is 8.59. The lowest BCUT2D eigenvalue weighted by Crippen LogP contribution is -2.43. The molecule has 0 unspecified atom stereocenters. The number of phenolic OH excluding ortho intramolecular Hbond substituents is 1. The Balaban J connectivity index is 2.16. The Bertz CT molecular complexity index is 953. The fraction of sp³-hybridized carbons (Fsp3) is 0.167. The van der Waals surface area contributed by atoms with Crippen LogP contribution in [0.15, 0.2) is 35.3 Å². The number of benzene rings is 2. The smallest absolute Gasteiger partial charge is 0.261 e. The Hall–Kier alpha value is -3.11. The molecule has 3 rings (SSSR count). The molecule has 0 fully saturated rings. The van der Waals surface area contributed by atoms with Gasteiger partial charge in [-0.15, -0.1) is 0 Å². The predicted molar refractivity (Wildman–Crippen MR) is 97.2 cm³/mol. The highest BCUT2D eigenvalue weighted by Crippen LogP contribution is 2.42. The zero-order valence-electron chi connectivity index (χ0n) is 13.5. The number of guanidine groups is 1. The number of carbonyl (C=O) groups is 1. The van der Waals surface area contributed by atoms with E-state index in [2.05, 4.69) is 20.5 Å². The van der Waals surface area contributed by atoms with Crippen LogP contribution in [0.2, 0.25) is 5.02 Å². The van der Waals surface area contributed by atoms with E-state index in [4.69, 9.17) is 18.2 Å². The zero-order valence-corrected chi connectivity index (χ0v) is 14.3. The largest absolute Gasteiger partial charge is 0.507 e. The SMILES string of the molecule is [C-]#[N+]c1ccc(O)c(C(=O)NC2=NCCCN2)c1-c1cccc(F)c1Cl. The number of rotatable bonds is 2. The van der Waals surface area contributed by atoms with Crippen molar-refractivity contribution in [3.8, 4) is 16.9 Å². The number of halogens is 2. The molecule has 0 spiro atoms. The molecule has 3 N–H and O–H groups in total. The Morgan fingerprint density at radius 1 is 1.38 bits per heavy atom. The maximum atomic E-state index is 13.9. The average molecular weight is 373 g/mol. The van der Waals surface area contributed by atoms with Gasteiger partial charge in [0.05, 0.1) is 17.2 Å². The fourth-order valence-electron chi connectivity index (χ4n) is 2.66. The number of aromatic hydroxyl groups is 1. The van der Waals surface area contributed by atoms with Gasteiger partial charge in [-0.1, -0.05) is 29.8 Å². The van der Waals surface area contributed by atoms with Crippen molar-refractivity contribution in [1.29, 1.82) is 0 Å². The molecule has 8 heteroatoms. The van der Waals surface area contributed by atoms with E-state index < -0.39 is 11.7 Å². The molecular weight excluding hydrogens is 359 g/mol. The first-order chi connectivity index (χ1) is 12.5. The minimum Gasteiger partial charge on any atom is -0.507 e. The molecule has 0 radical (unpaired) electrons. The van der Waals surface area contributed by atoms with Crippen LogP contribution in [0.3, 0.4) is 0 Å². The van der Waals surface area contributed by atoms with Crippen molar-refractivity contribution >= 4 is 29.2 Å². The monoisotopic (exact) mass is 372 g/mol. The quantitative estimate of drug-likeness (QED) is 0.706. The number of hydrogen-bond donors (Lipinski definition) is 3. The highest BCUT2D eigenvalue weighted by Gasteiger charge is 2.24. The van der Waals surface area contributed by atoms with Gasteiger partial charge in [-0.3, -0.25) is 15.1 Å². The summed E-state index contributed by atoms with van der Waals surface area (Å²) < 4.78 is 13.9. The number of amides is 1. The molecule has 2 aromatic carbocycles. The van der Waals surface area contributed by atoms with Crippen LogP contribution < -0.4 is 10.6 Å². The first-order valence-corrected chi connectivity index (χ1v) is 8.18. The normalized spacial score (nSPS) is 13.3. The number of aliphatic imine (C=N–C) groups is 1. The summed E-state index contributed by atoms with van der Waals surface area (Å²) in [5, 5.41) is 15.5. The van der Waals surface area contributed by atoms with Crippen molar-refractivity contribution in [3.05, 3.63) is 58.2 Å². The van der Waals surface area contributed by atoms with Gasteiger partial charge in [0.1, 0.15) is 11.6 Å². The van der Waals surface area contributed by atoms with Gasteiger partial charge in [0.2, 0.25) is 0 Å². The van der Waals surface area contributed by atoms with Gasteiger partial charge in [0.15, 0.2) is 11.6 Å². The first-order valence-electron chi connectivity index (χ1n) is 7.80. The fourth-order valence-corrected chi connectivity index (χ4v) is 2.88. The Kier molecular flexibility index (Phi) is 5.05. The molecule has 0 aromatic heterocycles. The van der Waals surface area contributed by atoms with E-state index in [1.165, 1.54) is 30.3 Å². The maximum absolute atomic E-state index is 13.9. The van der Waals surface area contributed by atoms with Gasteiger partial charge in [-0.05, 0) is 24.1 Å². The van der Waals surface area contributed by atoms with Crippen molar-refractivity contribution in [2.24, 2.45) is 4.99 Å². The highest BCUT2D eigenvalue weighted by molar-refractivity contribution is 6.34. The Labute approximate surface area is 154 Å². The molecule has 2 aromatic rings. The molecule has 132 valence electrons. The average Bonchev–Trinajstić information content (AvgIpc) is 2.64. The number of hydrogen-bond acceptors (Lipinski definition) is 4. The number of carbonyl (C=O) groups excluding carboxylic acids is 1. The molecule has 1 aliphatic heterocycles. The maximum Gasteiger partial charge on any atom is 0.261 e. The van der Waals surface area contributed by atoms with Gasteiger partial charge in [0, 0.05) is 18.7 Å². The van der Waals surface area contributed by atoms with E-state index in [9.17, 15) is 14.3 Å². The van der Waals surface area contributed by atoms with Crippen LogP contribution in [0.25, 0.3) is 16.0 Å². The van der Waals surface area contributed by atoms with E-state index in [-0.39, 0.29) is 39.1 Å². The second-order valence-corrected chi connectivity index (χ2v) is 5.91. The third-order valence-corrected chi connectivity index (χ3v) is 4.24. The van der Waals surface area contributed by atoms with Crippen LogP contribution in [0.4, 0.5) is 10.1 Å². The lowest BCUT2D eigenvalue weighted by Gasteiger charge is -2.18. The minimum absolute atomic E-state index is 0.0680. The van der Waals surface area contributed by atoms with Crippen molar-refractivity contribution in [2.75, 3.05) is 13.1 Å². The molecule has 0 bridgehead atoms. The summed E-state index contributed by atoms with van der Waals surface area (Å²) in [4.78, 5) is 20.3. The summed E-state index contributed by atoms with van der Waals surface area (Å²) in [6, 6.07) is 6.68. The molecule has 0 saturated heterocycles. The van der Waals surface area contributed by atoms with Crippen LogP contribution >= 0.6 is 11.6 Å². The molecule has 1 heterocycles. The van der Waals surface area contributed by atoms with Gasteiger partial charge in [-0.25, -0.2) is 9.24 Å². The molecule has 1 aliphatic rings. The van der Waals surface area contributed by atoms with Crippen molar-refractivity contribution in [3.63, 3.8) is 0 Å². The second kappa shape index (κ2) is 7.42. The molecule has 0 atom stereocenters. The van der Waals surface area contributed by atoms with E-state index in [0.717, 1.165) is 6.42 Å². The molecule has 6 nitrogen and oxygen atoms in total. The summed E-state index contributed by atoms with van der Waals surface area (Å²) in [6.07, 6.45) is 0.849. The summed E-state index contributed by atoms with van der Waals surface area (Å²) in [5.74, 6) is -1.42. The Morgan fingerprint density at radius 3 is 2.88 bits per heavy atom. The third kappa shape index (κ3) is 3.32. The third-order valence-electron chi connectivity index (χ3n) is 3.86. The molecule has 0 aliphatic carbocycles. The van der Waals surface area contributed by atoms with Crippen LogP contribution in [0, 0.1) is 12.4 Å². The number of nitrogens with zero attached hydrogens (tertiary/aromatic N) is 2. The predicted octanol–water partition coefficient (Wildman–Crippen LogP) is 3.48. The van der Waals surface area contributed by atoms with Crippen molar-refractivity contribution < 1.29 is 14.3 Å². The van der Waals surface area contributed by atoms with Crippen LogP contribution in [-0.2, 0) is 0 Å². The van der Waals surface area contributed by atoms with Gasteiger partial charge in [-0.2, -0.15) is 0 Å². The van der Waals surface area contributed by atoms with E-state index >= 15 is 0 Å². The lowest BCUT2D eigenvalue weighted by atomic mass is 9.96. The van der Waals surface area contributed by atoms with Gasteiger partial charge in [0.25, 0.3) is 5.91 Å². The van der Waals surface area contributed by atoms with Gasteiger partial charge >= 0.3 is 0 Å². The van der Waals surface area contributed by atoms with E-state index in [1.807, 2.05) is 0 Å². The molecular formula is C18H14ClFN4O2. The topological polar surface area (TPSA) is 78.1 Å². The summed E-state index contributed by atoms with van der Waals surface area (Å²) in [7, 11) is 0. The van der Waals surface area contributed by atoms with Crippen LogP contribution in [0.1, 0.15) is 16.8 Å². The first kappa shape index (κ1) is 17.7. The molecule has 0 saturated carbocycles. The zero-order chi connectivity index (χ0) is 18.7. The van der Waals surface area contributed by atoms with Crippen molar-refractivity contribution in [1.82, 2.24) is 10.6 Å². The lowest BCUT2D eigenvalue weighted by molar-refractivity contribution is 0.0973. The molecule has 26 heavy (non-hydrogen) atoms. The van der Waals surface area contributed by atoms with E-state index in [0.29, 0.717) is 13.1 Å². The molecule has 1 amide bonds. The Morgan fingerprint density at radius 2 is 2.19 bits per heavy atom. The van der Waals surface area contributed by atoms with Crippen LogP contribution in [0.5, 0.6) is 5.75 Å². The van der Waals surface area contributed by atoms with Crippen molar-refractivity contribution in [2.45, 2.75) is 6.42 Å². The van der Waals surface area contributed by atoms with Crippen LogP contribution in [-0.4, -0.2) is 30.1 Å². The van der Waals surface area contributed by atoms with E-state index in [1.54, 1.807) is 0 Å². The summed E-state index contributed by atoms with van der Waals surface area (Å²) >= 11 is 6.05. The summed E-state index contributed by atoms with van der Waals surface area (Å²) in [5.41, 5.74) is 0.121.